The summed E-state index contributed by atoms with van der Waals surface area (Å²) in [4.78, 5) is 13.6. The fourth-order valence-corrected chi connectivity index (χ4v) is 2.38. The molecule has 0 spiro atoms. The summed E-state index contributed by atoms with van der Waals surface area (Å²) in [7, 11) is 1.81. The molecule has 0 aliphatic carbocycles. The average Bonchev–Trinajstić information content (AvgIpc) is 2.64. The van der Waals surface area contributed by atoms with E-state index in [2.05, 4.69) is 6.07 Å². The normalized spacial score (nSPS) is 20.7. The third-order valence-corrected chi connectivity index (χ3v) is 3.41. The van der Waals surface area contributed by atoms with E-state index in [0.717, 1.165) is 30.7 Å². The molecule has 1 saturated heterocycles. The topological polar surface area (TPSA) is 55.6 Å². The van der Waals surface area contributed by atoms with Crippen molar-refractivity contribution in [2.24, 2.45) is 5.73 Å². The van der Waals surface area contributed by atoms with Gasteiger partial charge in [-0.2, -0.15) is 0 Å². The van der Waals surface area contributed by atoms with Crippen LogP contribution in [-0.4, -0.2) is 36.5 Å². The molecule has 0 bridgehead atoms. The standard InChI is InChI=1S/C15H22N2O2/c1-10-4-5-13(12(8-10)9-11(2)16)19-14-6-7-17(3)15(14)18/h4-5,8,11,14H,6-7,9,16H2,1-3H3. The van der Waals surface area contributed by atoms with Gasteiger partial charge in [0, 0.05) is 26.1 Å². The molecule has 1 fully saturated rings. The minimum atomic E-state index is -0.348. The monoisotopic (exact) mass is 262 g/mol. The molecule has 0 aromatic heterocycles. The van der Waals surface area contributed by atoms with E-state index < -0.39 is 0 Å². The molecule has 4 nitrogen and oxygen atoms in total. The second-order valence-corrected chi connectivity index (χ2v) is 5.45. The minimum absolute atomic E-state index is 0.0623. The summed E-state index contributed by atoms with van der Waals surface area (Å²) in [5.41, 5.74) is 8.13. The van der Waals surface area contributed by atoms with Crippen LogP contribution >= 0.6 is 0 Å². The quantitative estimate of drug-likeness (QED) is 0.894. The van der Waals surface area contributed by atoms with E-state index in [1.54, 1.807) is 4.90 Å². The third kappa shape index (κ3) is 3.26. The molecule has 2 unspecified atom stereocenters. The van der Waals surface area contributed by atoms with Crippen molar-refractivity contribution in [2.75, 3.05) is 13.6 Å². The van der Waals surface area contributed by atoms with Gasteiger partial charge in [0.1, 0.15) is 5.75 Å². The van der Waals surface area contributed by atoms with Crippen molar-refractivity contribution in [1.82, 2.24) is 4.90 Å². The van der Waals surface area contributed by atoms with Gasteiger partial charge in [-0.25, -0.2) is 0 Å². The van der Waals surface area contributed by atoms with Crippen molar-refractivity contribution in [1.29, 1.82) is 0 Å². The number of rotatable bonds is 4. The summed E-state index contributed by atoms with van der Waals surface area (Å²) in [6, 6.07) is 6.11. The van der Waals surface area contributed by atoms with E-state index in [1.807, 2.05) is 33.0 Å². The average molecular weight is 262 g/mol. The molecular formula is C15H22N2O2. The Kier molecular flexibility index (Phi) is 4.10. The maximum atomic E-state index is 11.9. The number of amides is 1. The lowest BCUT2D eigenvalue weighted by molar-refractivity contribution is -0.132. The number of carbonyl (C=O) groups excluding carboxylic acids is 1. The van der Waals surface area contributed by atoms with E-state index in [-0.39, 0.29) is 18.1 Å². The van der Waals surface area contributed by atoms with Crippen LogP contribution in [0.1, 0.15) is 24.5 Å². The molecule has 1 aromatic carbocycles. The molecule has 1 amide bonds. The molecule has 104 valence electrons. The Morgan fingerprint density at radius 1 is 1.53 bits per heavy atom. The lowest BCUT2D eigenvalue weighted by atomic mass is 10.0. The number of aryl methyl sites for hydroxylation is 1. The van der Waals surface area contributed by atoms with Crippen molar-refractivity contribution in [3.05, 3.63) is 29.3 Å². The summed E-state index contributed by atoms with van der Waals surface area (Å²) >= 11 is 0. The second kappa shape index (κ2) is 5.61. The van der Waals surface area contributed by atoms with Gasteiger partial charge in [-0.3, -0.25) is 4.79 Å². The Bertz CT molecular complexity index is 471. The van der Waals surface area contributed by atoms with Gasteiger partial charge in [-0.15, -0.1) is 0 Å². The number of likely N-dealkylation sites (tertiary alicyclic amines) is 1. The highest BCUT2D eigenvalue weighted by atomic mass is 16.5. The Hall–Kier alpha value is -1.55. The minimum Gasteiger partial charge on any atom is -0.480 e. The van der Waals surface area contributed by atoms with Gasteiger partial charge in [0.15, 0.2) is 6.10 Å². The number of hydrogen-bond donors (Lipinski definition) is 1. The van der Waals surface area contributed by atoms with Crippen LogP contribution in [0.4, 0.5) is 0 Å². The van der Waals surface area contributed by atoms with E-state index in [0.29, 0.717) is 0 Å². The maximum absolute atomic E-state index is 11.9. The highest BCUT2D eigenvalue weighted by Gasteiger charge is 2.31. The summed E-state index contributed by atoms with van der Waals surface area (Å²) < 4.78 is 5.90. The molecule has 2 atom stereocenters. The zero-order chi connectivity index (χ0) is 14.0. The summed E-state index contributed by atoms with van der Waals surface area (Å²) in [5, 5.41) is 0. The lowest BCUT2D eigenvalue weighted by Gasteiger charge is -2.17. The molecule has 0 saturated carbocycles. The first-order valence-electron chi connectivity index (χ1n) is 6.74. The van der Waals surface area contributed by atoms with Crippen LogP contribution in [0.25, 0.3) is 0 Å². The van der Waals surface area contributed by atoms with Crippen molar-refractivity contribution in [3.63, 3.8) is 0 Å². The van der Waals surface area contributed by atoms with Crippen molar-refractivity contribution in [2.45, 2.75) is 38.8 Å². The van der Waals surface area contributed by atoms with Crippen LogP contribution < -0.4 is 10.5 Å². The van der Waals surface area contributed by atoms with Crippen LogP contribution in [0.3, 0.4) is 0 Å². The Morgan fingerprint density at radius 3 is 2.84 bits per heavy atom. The fourth-order valence-electron chi connectivity index (χ4n) is 2.38. The predicted octanol–water partition coefficient (Wildman–Crippen LogP) is 1.49. The van der Waals surface area contributed by atoms with E-state index in [1.165, 1.54) is 5.56 Å². The molecule has 1 aliphatic heterocycles. The third-order valence-electron chi connectivity index (χ3n) is 3.41. The number of nitrogens with zero attached hydrogens (tertiary/aromatic N) is 1. The number of ether oxygens (including phenoxy) is 1. The molecule has 2 rings (SSSR count). The molecule has 4 heteroatoms. The van der Waals surface area contributed by atoms with Gasteiger partial charge in [0.05, 0.1) is 0 Å². The van der Waals surface area contributed by atoms with Gasteiger partial charge in [0.2, 0.25) is 0 Å². The van der Waals surface area contributed by atoms with Gasteiger partial charge < -0.3 is 15.4 Å². The zero-order valence-electron chi connectivity index (χ0n) is 11.8. The van der Waals surface area contributed by atoms with E-state index in [4.69, 9.17) is 10.5 Å². The van der Waals surface area contributed by atoms with Crippen LogP contribution in [0, 0.1) is 6.92 Å². The Balaban J connectivity index is 2.17. The maximum Gasteiger partial charge on any atom is 0.263 e. The van der Waals surface area contributed by atoms with Gasteiger partial charge in [0.25, 0.3) is 5.91 Å². The van der Waals surface area contributed by atoms with Crippen LogP contribution in [0.15, 0.2) is 18.2 Å². The van der Waals surface area contributed by atoms with Crippen LogP contribution in [-0.2, 0) is 11.2 Å². The summed E-state index contributed by atoms with van der Waals surface area (Å²) in [5.74, 6) is 0.851. The smallest absolute Gasteiger partial charge is 0.263 e. The van der Waals surface area contributed by atoms with E-state index >= 15 is 0 Å². The fraction of sp³-hybridized carbons (Fsp3) is 0.533. The van der Waals surface area contributed by atoms with Crippen molar-refractivity contribution >= 4 is 5.91 Å². The highest BCUT2D eigenvalue weighted by molar-refractivity contribution is 5.83. The number of benzene rings is 1. The van der Waals surface area contributed by atoms with E-state index in [9.17, 15) is 4.79 Å². The molecular weight excluding hydrogens is 240 g/mol. The first-order valence-corrected chi connectivity index (χ1v) is 6.74. The zero-order valence-corrected chi connectivity index (χ0v) is 11.8. The largest absolute Gasteiger partial charge is 0.480 e. The SMILES string of the molecule is Cc1ccc(OC2CCN(C)C2=O)c(CC(C)N)c1. The summed E-state index contributed by atoms with van der Waals surface area (Å²) in [6.45, 7) is 4.78. The van der Waals surface area contributed by atoms with Crippen LogP contribution in [0.5, 0.6) is 5.75 Å². The van der Waals surface area contributed by atoms with Crippen LogP contribution in [0.2, 0.25) is 0 Å². The number of nitrogens with two attached hydrogens (primary N) is 1. The van der Waals surface area contributed by atoms with Gasteiger partial charge in [-0.05, 0) is 31.9 Å². The van der Waals surface area contributed by atoms with Crippen molar-refractivity contribution in [3.8, 4) is 5.75 Å². The first kappa shape index (κ1) is 13.9. The summed E-state index contributed by atoms with van der Waals surface area (Å²) in [6.07, 6.45) is 1.16. The highest BCUT2D eigenvalue weighted by Crippen LogP contribution is 2.25. The number of hydrogen-bond acceptors (Lipinski definition) is 3. The first-order chi connectivity index (χ1) is 8.97. The molecule has 1 heterocycles. The molecule has 1 aromatic rings. The van der Waals surface area contributed by atoms with Crippen molar-refractivity contribution < 1.29 is 9.53 Å². The molecule has 0 radical (unpaired) electrons. The molecule has 1 aliphatic rings. The Morgan fingerprint density at radius 2 is 2.26 bits per heavy atom. The van der Waals surface area contributed by atoms with Gasteiger partial charge >= 0.3 is 0 Å². The Labute approximate surface area is 114 Å². The number of carbonyl (C=O) groups is 1. The number of likely N-dealkylation sites (N-methyl/N-ethyl adjacent to an activating group) is 1. The predicted molar refractivity (Wildman–Crippen MR) is 75.2 cm³/mol. The second-order valence-electron chi connectivity index (χ2n) is 5.45. The molecule has 2 N–H and O–H groups in total. The lowest BCUT2D eigenvalue weighted by Crippen LogP contribution is -2.30. The molecule has 19 heavy (non-hydrogen) atoms. The van der Waals surface area contributed by atoms with Gasteiger partial charge in [-0.1, -0.05) is 17.7 Å².